The standard InChI is InChI=1S/C12H16O2/c1-9(2)11-8-13-12(14-11)10-6-4-3-5-7-10/h3-7,9,11-12H,8H2,1-2H3/t11-,12?/m0/s1. The Morgan fingerprint density at radius 2 is 1.93 bits per heavy atom. The van der Waals surface area contributed by atoms with E-state index in [1.165, 1.54) is 0 Å². The quantitative estimate of drug-likeness (QED) is 0.717. The summed E-state index contributed by atoms with van der Waals surface area (Å²) >= 11 is 0. The summed E-state index contributed by atoms with van der Waals surface area (Å²) in [6.07, 6.45) is 0.0730. The van der Waals surface area contributed by atoms with Crippen molar-refractivity contribution in [1.29, 1.82) is 0 Å². The molecule has 1 aromatic rings. The molecule has 0 aromatic heterocycles. The van der Waals surface area contributed by atoms with Gasteiger partial charge in [-0.05, 0) is 5.92 Å². The number of hydrogen-bond acceptors (Lipinski definition) is 2. The SMILES string of the molecule is CC(C)[C@@H]1COC(c2ccccc2)O1. The van der Waals surface area contributed by atoms with Crippen LogP contribution in [0.25, 0.3) is 0 Å². The molecule has 0 bridgehead atoms. The summed E-state index contributed by atoms with van der Waals surface area (Å²) in [6.45, 7) is 5.01. The molecule has 0 aliphatic carbocycles. The van der Waals surface area contributed by atoms with Crippen molar-refractivity contribution >= 4 is 0 Å². The van der Waals surface area contributed by atoms with Crippen LogP contribution in [0.4, 0.5) is 0 Å². The van der Waals surface area contributed by atoms with Gasteiger partial charge in [0.15, 0.2) is 6.29 Å². The zero-order valence-electron chi connectivity index (χ0n) is 8.64. The van der Waals surface area contributed by atoms with Gasteiger partial charge >= 0.3 is 0 Å². The Hall–Kier alpha value is -0.860. The van der Waals surface area contributed by atoms with Crippen molar-refractivity contribution in [2.75, 3.05) is 6.61 Å². The van der Waals surface area contributed by atoms with Crippen molar-refractivity contribution in [1.82, 2.24) is 0 Å². The molecule has 1 aromatic carbocycles. The second kappa shape index (κ2) is 4.11. The summed E-state index contributed by atoms with van der Waals surface area (Å²) in [5.41, 5.74) is 1.11. The Morgan fingerprint density at radius 1 is 1.21 bits per heavy atom. The van der Waals surface area contributed by atoms with Crippen molar-refractivity contribution in [2.24, 2.45) is 5.92 Å². The minimum absolute atomic E-state index is 0.163. The van der Waals surface area contributed by atoms with Gasteiger partial charge < -0.3 is 9.47 Å². The van der Waals surface area contributed by atoms with E-state index in [1.807, 2.05) is 30.3 Å². The van der Waals surface area contributed by atoms with Crippen LogP contribution >= 0.6 is 0 Å². The van der Waals surface area contributed by atoms with Gasteiger partial charge in [0.1, 0.15) is 0 Å². The Balaban J connectivity index is 2.03. The van der Waals surface area contributed by atoms with E-state index in [0.29, 0.717) is 12.5 Å². The molecule has 76 valence electrons. The third kappa shape index (κ3) is 1.97. The maximum atomic E-state index is 5.79. The second-order valence-corrected chi connectivity index (χ2v) is 3.99. The predicted octanol–water partition coefficient (Wildman–Crippen LogP) is 2.76. The highest BCUT2D eigenvalue weighted by Crippen LogP contribution is 2.29. The zero-order chi connectivity index (χ0) is 9.97. The van der Waals surface area contributed by atoms with Crippen molar-refractivity contribution in [2.45, 2.75) is 26.2 Å². The fourth-order valence-electron chi connectivity index (χ4n) is 1.55. The molecule has 2 heteroatoms. The van der Waals surface area contributed by atoms with E-state index in [9.17, 15) is 0 Å². The Bertz CT molecular complexity index is 282. The first-order chi connectivity index (χ1) is 6.77. The average Bonchev–Trinajstić information content (AvgIpc) is 2.68. The highest BCUT2D eigenvalue weighted by Gasteiger charge is 2.28. The molecule has 0 N–H and O–H groups in total. The van der Waals surface area contributed by atoms with Gasteiger partial charge in [0.25, 0.3) is 0 Å². The average molecular weight is 192 g/mol. The normalized spacial score (nSPS) is 27.1. The smallest absolute Gasteiger partial charge is 0.184 e. The second-order valence-electron chi connectivity index (χ2n) is 3.99. The molecule has 2 atom stereocenters. The highest BCUT2D eigenvalue weighted by atomic mass is 16.7. The monoisotopic (exact) mass is 192 g/mol. The lowest BCUT2D eigenvalue weighted by molar-refractivity contribution is -0.0670. The van der Waals surface area contributed by atoms with E-state index in [0.717, 1.165) is 5.56 Å². The van der Waals surface area contributed by atoms with Gasteiger partial charge in [-0.2, -0.15) is 0 Å². The molecule has 0 spiro atoms. The molecule has 0 saturated carbocycles. The summed E-state index contributed by atoms with van der Waals surface area (Å²) in [6, 6.07) is 10.1. The fourth-order valence-corrected chi connectivity index (χ4v) is 1.55. The lowest BCUT2D eigenvalue weighted by Crippen LogP contribution is -2.17. The third-order valence-electron chi connectivity index (χ3n) is 2.53. The summed E-state index contributed by atoms with van der Waals surface area (Å²) < 4.78 is 11.4. The first-order valence-electron chi connectivity index (χ1n) is 5.09. The molecule has 1 aliphatic rings. The number of rotatable bonds is 2. The molecular formula is C12H16O2. The van der Waals surface area contributed by atoms with Gasteiger partial charge in [-0.3, -0.25) is 0 Å². The fraction of sp³-hybridized carbons (Fsp3) is 0.500. The summed E-state index contributed by atoms with van der Waals surface area (Å²) in [7, 11) is 0. The van der Waals surface area contributed by atoms with Crippen LogP contribution in [-0.4, -0.2) is 12.7 Å². The lowest BCUT2D eigenvalue weighted by atomic mass is 10.1. The molecule has 1 fully saturated rings. The third-order valence-corrected chi connectivity index (χ3v) is 2.53. The van der Waals surface area contributed by atoms with Crippen molar-refractivity contribution in [3.63, 3.8) is 0 Å². The zero-order valence-corrected chi connectivity index (χ0v) is 8.64. The summed E-state index contributed by atoms with van der Waals surface area (Å²) in [4.78, 5) is 0. The minimum Gasteiger partial charge on any atom is -0.346 e. The number of benzene rings is 1. The largest absolute Gasteiger partial charge is 0.346 e. The van der Waals surface area contributed by atoms with Gasteiger partial charge in [0, 0.05) is 5.56 Å². The van der Waals surface area contributed by atoms with Crippen LogP contribution in [0.15, 0.2) is 30.3 Å². The van der Waals surface area contributed by atoms with Gasteiger partial charge in [-0.25, -0.2) is 0 Å². The summed E-state index contributed by atoms with van der Waals surface area (Å²) in [5, 5.41) is 0. The van der Waals surface area contributed by atoms with Crippen molar-refractivity contribution in [3.05, 3.63) is 35.9 Å². The molecule has 1 unspecified atom stereocenters. The predicted molar refractivity (Wildman–Crippen MR) is 54.8 cm³/mol. The van der Waals surface area contributed by atoms with E-state index in [1.54, 1.807) is 0 Å². The van der Waals surface area contributed by atoms with E-state index >= 15 is 0 Å². The molecule has 2 rings (SSSR count). The van der Waals surface area contributed by atoms with Crippen LogP contribution in [0.5, 0.6) is 0 Å². The Labute approximate surface area is 84.8 Å². The van der Waals surface area contributed by atoms with Crippen LogP contribution in [0, 0.1) is 5.92 Å². The van der Waals surface area contributed by atoms with E-state index in [2.05, 4.69) is 13.8 Å². The number of ether oxygens (including phenoxy) is 2. The Morgan fingerprint density at radius 3 is 2.50 bits per heavy atom. The molecule has 1 saturated heterocycles. The van der Waals surface area contributed by atoms with Gasteiger partial charge in [-0.15, -0.1) is 0 Å². The van der Waals surface area contributed by atoms with Crippen LogP contribution < -0.4 is 0 Å². The van der Waals surface area contributed by atoms with Gasteiger partial charge in [0.2, 0.25) is 0 Å². The maximum absolute atomic E-state index is 5.79. The van der Waals surface area contributed by atoms with E-state index in [-0.39, 0.29) is 12.4 Å². The molecule has 0 radical (unpaired) electrons. The van der Waals surface area contributed by atoms with Gasteiger partial charge in [0.05, 0.1) is 12.7 Å². The first kappa shape index (κ1) is 9.69. The van der Waals surface area contributed by atoms with E-state index in [4.69, 9.17) is 9.47 Å². The molecule has 1 aliphatic heterocycles. The Kier molecular flexibility index (Phi) is 2.85. The molecule has 1 heterocycles. The maximum Gasteiger partial charge on any atom is 0.184 e. The topological polar surface area (TPSA) is 18.5 Å². The lowest BCUT2D eigenvalue weighted by Gasteiger charge is -2.13. The molecule has 2 nitrogen and oxygen atoms in total. The van der Waals surface area contributed by atoms with Crippen LogP contribution in [0.1, 0.15) is 25.7 Å². The molecular weight excluding hydrogens is 176 g/mol. The van der Waals surface area contributed by atoms with Crippen LogP contribution in [-0.2, 0) is 9.47 Å². The van der Waals surface area contributed by atoms with Crippen LogP contribution in [0.3, 0.4) is 0 Å². The van der Waals surface area contributed by atoms with Crippen molar-refractivity contribution < 1.29 is 9.47 Å². The molecule has 0 amide bonds. The highest BCUT2D eigenvalue weighted by molar-refractivity contribution is 5.16. The van der Waals surface area contributed by atoms with E-state index < -0.39 is 0 Å². The first-order valence-corrected chi connectivity index (χ1v) is 5.09. The summed E-state index contributed by atoms with van der Waals surface area (Å²) in [5.74, 6) is 0.517. The van der Waals surface area contributed by atoms with Crippen LogP contribution in [0.2, 0.25) is 0 Å². The number of hydrogen-bond donors (Lipinski definition) is 0. The van der Waals surface area contributed by atoms with Gasteiger partial charge in [-0.1, -0.05) is 44.2 Å². The molecule has 14 heavy (non-hydrogen) atoms. The van der Waals surface area contributed by atoms with Crippen molar-refractivity contribution in [3.8, 4) is 0 Å². The minimum atomic E-state index is -0.163.